The molecule has 0 spiro atoms. The summed E-state index contributed by atoms with van der Waals surface area (Å²) in [5.41, 5.74) is 1.50. The van der Waals surface area contributed by atoms with E-state index in [2.05, 4.69) is 9.97 Å². The Hall–Kier alpha value is -3.00. The van der Waals surface area contributed by atoms with Crippen molar-refractivity contribution in [1.29, 1.82) is 5.26 Å². The number of imidazole rings is 1. The molecule has 0 fully saturated rings. The van der Waals surface area contributed by atoms with Crippen LogP contribution in [-0.2, 0) is 0 Å². The van der Waals surface area contributed by atoms with Gasteiger partial charge in [0.2, 0.25) is 0 Å². The number of fused-ring (bicyclic) bond motifs is 1. The molecule has 0 radical (unpaired) electrons. The van der Waals surface area contributed by atoms with Gasteiger partial charge < -0.3 is 4.98 Å². The lowest BCUT2D eigenvalue weighted by atomic mass is 10.1. The van der Waals surface area contributed by atoms with E-state index < -0.39 is 11.6 Å². The monoisotopic (exact) mass is 281 g/mol. The highest BCUT2D eigenvalue weighted by Crippen LogP contribution is 2.20. The average molecular weight is 281 g/mol. The zero-order chi connectivity index (χ0) is 14.8. The van der Waals surface area contributed by atoms with Gasteiger partial charge in [-0.25, -0.2) is 13.8 Å². The maximum absolute atomic E-state index is 13.6. The first-order valence-corrected chi connectivity index (χ1v) is 6.19. The highest BCUT2D eigenvalue weighted by Gasteiger charge is 2.09. The van der Waals surface area contributed by atoms with E-state index in [4.69, 9.17) is 0 Å². The first-order chi connectivity index (χ1) is 10.2. The lowest BCUT2D eigenvalue weighted by molar-refractivity contribution is 0.625. The summed E-state index contributed by atoms with van der Waals surface area (Å²) >= 11 is 0. The summed E-state index contributed by atoms with van der Waals surface area (Å²) in [5.74, 6) is -0.539. The molecule has 0 aliphatic heterocycles. The highest BCUT2D eigenvalue weighted by atomic mass is 19.1. The van der Waals surface area contributed by atoms with Gasteiger partial charge >= 0.3 is 0 Å². The van der Waals surface area contributed by atoms with Crippen molar-refractivity contribution in [2.75, 3.05) is 0 Å². The molecule has 21 heavy (non-hydrogen) atoms. The molecule has 3 rings (SSSR count). The van der Waals surface area contributed by atoms with Crippen molar-refractivity contribution in [2.24, 2.45) is 0 Å². The second-order valence-corrected chi connectivity index (χ2v) is 4.44. The van der Waals surface area contributed by atoms with Crippen molar-refractivity contribution >= 4 is 22.7 Å². The van der Waals surface area contributed by atoms with Gasteiger partial charge in [-0.1, -0.05) is 18.2 Å². The fourth-order valence-corrected chi connectivity index (χ4v) is 2.01. The normalized spacial score (nSPS) is 11.6. The third-order valence-corrected chi connectivity index (χ3v) is 3.02. The summed E-state index contributed by atoms with van der Waals surface area (Å²) in [6.45, 7) is 0. The van der Waals surface area contributed by atoms with Crippen LogP contribution in [0.2, 0.25) is 0 Å². The van der Waals surface area contributed by atoms with Crippen molar-refractivity contribution in [3.8, 4) is 6.07 Å². The van der Waals surface area contributed by atoms with E-state index in [1.807, 2.05) is 6.07 Å². The fraction of sp³-hybridized carbons (Fsp3) is 0. The van der Waals surface area contributed by atoms with Gasteiger partial charge in [0, 0.05) is 5.56 Å². The van der Waals surface area contributed by atoms with Gasteiger partial charge in [-0.15, -0.1) is 0 Å². The zero-order valence-corrected chi connectivity index (χ0v) is 10.8. The molecule has 5 heteroatoms. The quantitative estimate of drug-likeness (QED) is 0.724. The molecule has 0 saturated heterocycles. The van der Waals surface area contributed by atoms with Crippen LogP contribution >= 0.6 is 0 Å². The van der Waals surface area contributed by atoms with E-state index >= 15 is 0 Å². The Bertz CT molecular complexity index is 888. The number of aromatic amines is 1. The van der Waals surface area contributed by atoms with Crippen LogP contribution in [0.4, 0.5) is 8.78 Å². The number of nitriles is 1. The molecule has 3 aromatic rings. The van der Waals surface area contributed by atoms with E-state index in [0.29, 0.717) is 16.6 Å². The van der Waals surface area contributed by atoms with Crippen molar-refractivity contribution in [3.63, 3.8) is 0 Å². The summed E-state index contributed by atoms with van der Waals surface area (Å²) in [6, 6.07) is 12.2. The number of H-pyrrole nitrogens is 1. The number of nitrogens with one attached hydrogen (secondary N) is 1. The van der Waals surface area contributed by atoms with Crippen molar-refractivity contribution in [3.05, 3.63) is 65.5 Å². The molecule has 1 N–H and O–H groups in total. The lowest BCUT2D eigenvalue weighted by Crippen LogP contribution is -1.87. The molecule has 0 aliphatic carbocycles. The fourth-order valence-electron chi connectivity index (χ4n) is 2.01. The minimum absolute atomic E-state index is 0.178. The lowest BCUT2D eigenvalue weighted by Gasteiger charge is -1.97. The standard InChI is InChI=1S/C16H9F2N3/c17-12-5-6-14-15(8-12)21-16(20-14)11(9-19)7-10-3-1-2-4-13(10)18/h1-8H,(H,20,21)/b11-7-. The number of rotatable bonds is 2. The van der Waals surface area contributed by atoms with Gasteiger partial charge in [-0.05, 0) is 30.3 Å². The second-order valence-electron chi connectivity index (χ2n) is 4.44. The van der Waals surface area contributed by atoms with Crippen LogP contribution in [0.1, 0.15) is 11.4 Å². The summed E-state index contributed by atoms with van der Waals surface area (Å²) in [5, 5.41) is 9.24. The third-order valence-electron chi connectivity index (χ3n) is 3.02. The SMILES string of the molecule is N#C/C(=C/c1ccccc1F)c1nc2ccc(F)cc2[nH]1. The molecule has 0 amide bonds. The second kappa shape index (κ2) is 5.17. The largest absolute Gasteiger partial charge is 0.337 e. The molecular formula is C16H9F2N3. The summed E-state index contributed by atoms with van der Waals surface area (Å²) < 4.78 is 26.8. The molecular weight excluding hydrogens is 272 g/mol. The Labute approximate surface area is 119 Å². The molecule has 1 aromatic heterocycles. The minimum atomic E-state index is -0.424. The van der Waals surface area contributed by atoms with Gasteiger partial charge in [0.1, 0.15) is 23.5 Å². The van der Waals surface area contributed by atoms with Crippen molar-refractivity contribution in [2.45, 2.75) is 0 Å². The number of allylic oxidation sites excluding steroid dienone is 1. The maximum Gasteiger partial charge on any atom is 0.149 e. The van der Waals surface area contributed by atoms with E-state index in [0.717, 1.165) is 0 Å². The number of hydrogen-bond acceptors (Lipinski definition) is 2. The van der Waals surface area contributed by atoms with E-state index in [-0.39, 0.29) is 11.4 Å². The number of nitrogens with zero attached hydrogens (tertiary/aromatic N) is 2. The summed E-state index contributed by atoms with van der Waals surface area (Å²) in [4.78, 5) is 7.08. The van der Waals surface area contributed by atoms with Gasteiger partial charge in [0.05, 0.1) is 16.6 Å². The first-order valence-electron chi connectivity index (χ1n) is 6.19. The molecule has 0 unspecified atom stereocenters. The Kier molecular flexibility index (Phi) is 3.20. The van der Waals surface area contributed by atoms with Gasteiger partial charge in [0.15, 0.2) is 0 Å². The number of aromatic nitrogens is 2. The smallest absolute Gasteiger partial charge is 0.149 e. The molecule has 102 valence electrons. The Morgan fingerprint density at radius 2 is 2.00 bits per heavy atom. The van der Waals surface area contributed by atoms with Gasteiger partial charge in [-0.2, -0.15) is 5.26 Å². The van der Waals surface area contributed by atoms with Gasteiger partial charge in [0.25, 0.3) is 0 Å². The molecule has 0 bridgehead atoms. The van der Waals surface area contributed by atoms with Gasteiger partial charge in [-0.3, -0.25) is 0 Å². The Balaban J connectivity index is 2.10. The zero-order valence-electron chi connectivity index (χ0n) is 10.8. The molecule has 1 heterocycles. The molecule has 2 aromatic carbocycles. The maximum atomic E-state index is 13.6. The molecule has 0 saturated carbocycles. The van der Waals surface area contributed by atoms with E-state index in [1.54, 1.807) is 18.2 Å². The van der Waals surface area contributed by atoms with Crippen molar-refractivity contribution < 1.29 is 8.78 Å². The predicted octanol–water partition coefficient (Wildman–Crippen LogP) is 3.91. The topological polar surface area (TPSA) is 52.5 Å². The predicted molar refractivity (Wildman–Crippen MR) is 75.9 cm³/mol. The molecule has 0 aliphatic rings. The van der Waals surface area contributed by atoms with Crippen LogP contribution in [0.5, 0.6) is 0 Å². The van der Waals surface area contributed by atoms with Crippen LogP contribution < -0.4 is 0 Å². The summed E-state index contributed by atoms with van der Waals surface area (Å²) in [7, 11) is 0. The first kappa shape index (κ1) is 13.0. The number of benzene rings is 2. The number of hydrogen-bond donors (Lipinski definition) is 1. The third kappa shape index (κ3) is 2.51. The van der Waals surface area contributed by atoms with Crippen LogP contribution in [-0.4, -0.2) is 9.97 Å². The van der Waals surface area contributed by atoms with Crippen molar-refractivity contribution in [1.82, 2.24) is 9.97 Å². The van der Waals surface area contributed by atoms with E-state index in [1.165, 1.54) is 30.3 Å². The van der Waals surface area contributed by atoms with Crippen LogP contribution in [0.25, 0.3) is 22.7 Å². The molecule has 3 nitrogen and oxygen atoms in total. The molecule has 0 atom stereocenters. The number of halogens is 2. The highest BCUT2D eigenvalue weighted by molar-refractivity contribution is 5.90. The average Bonchev–Trinajstić information content (AvgIpc) is 2.89. The van der Waals surface area contributed by atoms with Crippen LogP contribution in [0.15, 0.2) is 42.5 Å². The minimum Gasteiger partial charge on any atom is -0.337 e. The summed E-state index contributed by atoms with van der Waals surface area (Å²) in [6.07, 6.45) is 1.41. The van der Waals surface area contributed by atoms with Crippen LogP contribution in [0.3, 0.4) is 0 Å². The Morgan fingerprint density at radius 1 is 1.19 bits per heavy atom. The Morgan fingerprint density at radius 3 is 2.76 bits per heavy atom. The van der Waals surface area contributed by atoms with E-state index in [9.17, 15) is 14.0 Å². The van der Waals surface area contributed by atoms with Crippen LogP contribution in [0, 0.1) is 23.0 Å².